The average molecular weight is 2140 g/mol. The van der Waals surface area contributed by atoms with Crippen LogP contribution in [0, 0.1) is 77.1 Å². The summed E-state index contributed by atoms with van der Waals surface area (Å²) in [6, 6.07) is 26.6. The first-order valence-electron chi connectivity index (χ1n) is 53.0. The molecule has 12 heterocycles. The molecule has 812 valence electrons. The lowest BCUT2D eigenvalue weighted by Crippen LogP contribution is -2.55. The number of aryl methyl sites for hydroxylation is 1. The Morgan fingerprint density at radius 1 is 0.320 bits per heavy atom. The van der Waals surface area contributed by atoms with Gasteiger partial charge in [-0.25, -0.2) is 52.7 Å². The van der Waals surface area contributed by atoms with E-state index in [0.717, 1.165) is 182 Å². The third-order valence-electron chi connectivity index (χ3n) is 31.2. The normalized spacial score (nSPS) is 21.3. The molecule has 20 rings (SSSR count). The number of H-pyrrole nitrogens is 4. The molecule has 12 aromatic rings. The van der Waals surface area contributed by atoms with Crippen molar-refractivity contribution in [1.82, 2.24) is 59.1 Å². The lowest BCUT2D eigenvalue weighted by Gasteiger charge is -2.44. The number of hydrogen-bond acceptors (Lipinski definition) is 12. The summed E-state index contributed by atoms with van der Waals surface area (Å²) in [4.78, 5) is 29.0. The minimum Gasteiger partial charge on any atom is -0.492 e. The maximum absolute atomic E-state index is 15.7. The van der Waals surface area contributed by atoms with Gasteiger partial charge in [0.05, 0.1) is 34.2 Å². The molecule has 8 aliphatic heterocycles. The molecule has 4 aromatic heterocycles. The molecule has 0 radical (unpaired) electrons. The number of fused-ring (bicyclic) bond motifs is 12. The molecule has 8 aliphatic rings. The van der Waals surface area contributed by atoms with E-state index < -0.39 is 112 Å². The van der Waals surface area contributed by atoms with Crippen LogP contribution in [0.15, 0.2) is 127 Å². The Morgan fingerprint density at radius 3 is 0.927 bits per heavy atom. The van der Waals surface area contributed by atoms with Gasteiger partial charge in [-0.2, -0.15) is 13.2 Å². The van der Waals surface area contributed by atoms with Gasteiger partial charge in [-0.15, -0.1) is 0 Å². The first-order valence-corrected chi connectivity index (χ1v) is 53.7. The number of nitrogens with one attached hydrogen (secondary N) is 4. The lowest BCUT2D eigenvalue weighted by molar-refractivity contribution is -0.195. The largest absolute Gasteiger partial charge is 0.492 e. The number of likely N-dealkylation sites (tertiary alicyclic amines) is 4. The highest BCUT2D eigenvalue weighted by molar-refractivity contribution is 6.36. The van der Waals surface area contributed by atoms with E-state index >= 15 is 30.7 Å². The summed E-state index contributed by atoms with van der Waals surface area (Å²) in [5.41, 5.74) is 2.99. The van der Waals surface area contributed by atoms with Crippen LogP contribution in [0.25, 0.3) is 43.6 Å². The van der Waals surface area contributed by atoms with Crippen molar-refractivity contribution in [1.29, 1.82) is 0 Å². The second kappa shape index (κ2) is 45.4. The predicted octanol–water partition coefficient (Wildman–Crippen LogP) is 27.2. The second-order valence-corrected chi connectivity index (χ2v) is 46.2. The summed E-state index contributed by atoms with van der Waals surface area (Å²) >= 11 is 13.8. The Bertz CT molecular complexity index is 6330. The van der Waals surface area contributed by atoms with Crippen LogP contribution in [0.5, 0.6) is 23.0 Å². The zero-order chi connectivity index (χ0) is 108. The van der Waals surface area contributed by atoms with Crippen LogP contribution in [0.1, 0.15) is 227 Å². The van der Waals surface area contributed by atoms with E-state index in [1.807, 2.05) is 37.8 Å². The van der Waals surface area contributed by atoms with E-state index in [9.17, 15) is 35.1 Å². The minimum atomic E-state index is -4.76. The Balaban J connectivity index is 0.000000136. The lowest BCUT2D eigenvalue weighted by atomic mass is 9.86. The smallest absolute Gasteiger partial charge is 0.404 e. The van der Waals surface area contributed by atoms with Gasteiger partial charge in [-0.3, -0.25) is 39.2 Å². The minimum absolute atomic E-state index is 0.0127. The van der Waals surface area contributed by atoms with Crippen molar-refractivity contribution in [2.45, 2.75) is 239 Å². The van der Waals surface area contributed by atoms with Gasteiger partial charge in [-0.05, 0) is 221 Å². The third kappa shape index (κ3) is 25.1. The number of alkyl halides is 7. The molecule has 8 aromatic carbocycles. The van der Waals surface area contributed by atoms with Gasteiger partial charge >= 0.3 is 6.18 Å². The molecule has 16 nitrogen and oxygen atoms in total. The maximum Gasteiger partial charge on any atom is 0.404 e. The Morgan fingerprint density at radius 2 is 0.600 bits per heavy atom. The summed E-state index contributed by atoms with van der Waals surface area (Å²) in [6.07, 6.45) is 1.25. The molecular formula is C117H141Cl2F15N12O4. The zero-order valence-corrected chi connectivity index (χ0v) is 90.0. The summed E-state index contributed by atoms with van der Waals surface area (Å²) in [5, 5.41) is 4.05. The van der Waals surface area contributed by atoms with Crippen molar-refractivity contribution in [2.75, 3.05) is 131 Å². The molecule has 33 heteroatoms. The van der Waals surface area contributed by atoms with E-state index in [1.165, 1.54) is 83.0 Å². The summed E-state index contributed by atoms with van der Waals surface area (Å²) in [7, 11) is 0. The second-order valence-electron chi connectivity index (χ2n) is 45.4. The van der Waals surface area contributed by atoms with Crippen molar-refractivity contribution < 1.29 is 84.8 Å². The van der Waals surface area contributed by atoms with Crippen molar-refractivity contribution in [3.8, 4) is 23.0 Å². The summed E-state index contributed by atoms with van der Waals surface area (Å²) in [6.45, 7) is 40.4. The first kappa shape index (κ1) is 111. The molecule has 0 bridgehead atoms. The van der Waals surface area contributed by atoms with Crippen LogP contribution in [0.3, 0.4) is 0 Å². The molecule has 5 unspecified atom stereocenters. The number of benzene rings is 8. The van der Waals surface area contributed by atoms with E-state index in [-0.39, 0.29) is 90.1 Å². The van der Waals surface area contributed by atoms with Crippen LogP contribution in [-0.4, -0.2) is 243 Å². The summed E-state index contributed by atoms with van der Waals surface area (Å²) in [5.74, 6) is -1.81. The Hall–Kier alpha value is -9.67. The number of hydrogen-bond donors (Lipinski definition) is 4. The van der Waals surface area contributed by atoms with E-state index in [4.69, 9.17) is 42.1 Å². The van der Waals surface area contributed by atoms with E-state index in [0.29, 0.717) is 113 Å². The highest BCUT2D eigenvalue weighted by Gasteiger charge is 2.54. The van der Waals surface area contributed by atoms with E-state index in [2.05, 4.69) is 85.1 Å². The van der Waals surface area contributed by atoms with Gasteiger partial charge in [0.15, 0.2) is 0 Å². The molecule has 150 heavy (non-hydrogen) atoms. The number of para-hydroxylation sites is 1. The number of aromatic nitrogens is 4. The topological polar surface area (TPSA) is 126 Å². The fourth-order valence-electron chi connectivity index (χ4n) is 23.5. The summed E-state index contributed by atoms with van der Waals surface area (Å²) < 4.78 is 249. The molecule has 4 fully saturated rings. The number of aromatic amines is 4. The van der Waals surface area contributed by atoms with E-state index in [1.54, 1.807) is 73.3 Å². The molecule has 4 N–H and O–H groups in total. The molecule has 0 saturated carbocycles. The zero-order valence-electron chi connectivity index (χ0n) is 88.5. The Kier molecular flexibility index (Phi) is 33.7. The molecule has 8 atom stereocenters. The predicted molar refractivity (Wildman–Crippen MR) is 564 cm³/mol. The fraction of sp³-hybridized carbons (Fsp3) is 0.521. The third-order valence-corrected chi connectivity index (χ3v) is 31.8. The number of rotatable bonds is 32. The van der Waals surface area contributed by atoms with Gasteiger partial charge in [0.25, 0.3) is 0 Å². The fourth-order valence-corrected chi connectivity index (χ4v) is 24.2. The first-order chi connectivity index (χ1) is 71.0. The van der Waals surface area contributed by atoms with Crippen molar-refractivity contribution in [2.24, 2.45) is 23.7 Å². The van der Waals surface area contributed by atoms with Gasteiger partial charge in [0.2, 0.25) is 0 Å². The highest BCUT2D eigenvalue weighted by Crippen LogP contribution is 2.53. The molecule has 0 aliphatic carbocycles. The number of halogens is 17. The van der Waals surface area contributed by atoms with Gasteiger partial charge in [0, 0.05) is 248 Å². The van der Waals surface area contributed by atoms with Gasteiger partial charge < -0.3 is 38.9 Å². The number of nitrogens with zero attached hydrogens (tertiary/aromatic N) is 8. The highest BCUT2D eigenvalue weighted by atomic mass is 35.5. The Labute approximate surface area is 879 Å². The standard InChI is InChI=1S/C30H38F3N3O.C29H35Cl2F2N3O.C29H33F6N3O.C29H35F4N3O/c1-6-20-15-35(16-20)9-10-37-21-13-24(31)27(25(32)14-21)29-28-23(12-19(3)36(29)17-30(4,5)33)22-8-7-18(2)11-26(22)34-28;1-5-18-14-35(15-18)8-9-37-20-12-23(30)26(24(31)13-20)28-27-22(10-17(2)36(28)16-29(3,4)33)21-11-19(32)6-7-25(21)34-27;1-4-17-14-37(15-17)9-10-39-18-11-21(30)25(22(31)12-18)27-26-20(19-7-5-6-8-23(19)36-26)13-24(29(33,34)35)38(27)16-28(2,3)32;1-5-18-14-35(15-18)8-9-37-20-12-23(31)26(24(32)13-20)28-27-22(10-17(2)36(28)16-29(3,4)33)21-11-19(30)6-7-25(21)34-27/h7-8,11,13-14,19-20,29,34H,6,9-10,12,15-17H2,1-5H3;6-7,11-13,17-18,28,34H,5,8-10,14-16H2,1-4H3;5-8,11-12,17,24,27,36H,4,9-10,13-16H2,1-3H3;6-7,11-13,17-18,28,34H,5,8-10,14-16H2,1-4H3/t19-,29?;17-,28?;;17-,28?/m11.1/s1. The van der Waals surface area contributed by atoms with Crippen molar-refractivity contribution in [3.63, 3.8) is 0 Å². The van der Waals surface area contributed by atoms with Crippen molar-refractivity contribution >= 4 is 66.8 Å². The SMILES string of the molecule is CCC1CN(CCOc2cc(Cl)c(C3c4[nH]c5ccc(F)cc5c4C[C@@H](C)N3CC(C)(C)F)c(Cl)c2)C1.CCC1CN(CCOc2cc(F)c(C3c4[nH]c5cc(C)ccc5c4C[C@@H](C)N3CC(C)(C)F)c(F)c2)C1.CCC1CN(CCOc2cc(F)c(C3c4[nH]c5ccc(F)cc5c4C[C@@H](C)N3CC(C)(C)F)c(F)c2)C1.CCC1CN(CCOc2cc(F)c(C3c4[nH]c5ccccc5c4CC(C(F)(F)F)N3CC(C)(C)F)c(F)c2)C1. The number of ether oxygens (including phenoxy) is 4. The molecule has 0 spiro atoms. The quantitative estimate of drug-likeness (QED) is 0.0300. The average Bonchev–Trinajstić information content (AvgIpc) is 1.53. The van der Waals surface area contributed by atoms with Crippen LogP contribution < -0.4 is 18.9 Å². The molecule has 4 saturated heterocycles. The van der Waals surface area contributed by atoms with Crippen LogP contribution in [0.2, 0.25) is 10.0 Å². The monoisotopic (exact) mass is 2130 g/mol. The van der Waals surface area contributed by atoms with Crippen molar-refractivity contribution in [3.05, 3.63) is 257 Å². The van der Waals surface area contributed by atoms with Crippen LogP contribution in [-0.2, 0) is 25.7 Å². The molecular weight excluding hydrogens is 1990 g/mol. The van der Waals surface area contributed by atoms with Gasteiger partial charge in [-0.1, -0.05) is 107 Å². The maximum atomic E-state index is 15.7. The van der Waals surface area contributed by atoms with Crippen LogP contribution >= 0.6 is 23.2 Å². The van der Waals surface area contributed by atoms with Gasteiger partial charge in [0.1, 0.15) is 125 Å². The van der Waals surface area contributed by atoms with Crippen LogP contribution in [0.4, 0.5) is 65.9 Å². The molecule has 0 amide bonds.